The minimum absolute atomic E-state index is 0.101. The van der Waals surface area contributed by atoms with E-state index in [1.165, 1.54) is 20.3 Å². The van der Waals surface area contributed by atoms with E-state index in [0.717, 1.165) is 0 Å². The smallest absolute Gasteiger partial charge is 0.203 e. The number of H-pyrrole nitrogens is 1. The van der Waals surface area contributed by atoms with Crippen LogP contribution >= 0.6 is 0 Å². The van der Waals surface area contributed by atoms with Crippen LogP contribution in [-0.2, 0) is 0 Å². The molecule has 0 saturated carbocycles. The molecule has 10 nitrogen and oxygen atoms in total. The van der Waals surface area contributed by atoms with E-state index < -0.39 is 0 Å². The number of nitrogens with one attached hydrogen (secondary N) is 2. The van der Waals surface area contributed by atoms with E-state index in [4.69, 9.17) is 18.9 Å². The number of nitriles is 1. The van der Waals surface area contributed by atoms with Gasteiger partial charge in [-0.05, 0) is 24.3 Å². The maximum absolute atomic E-state index is 10.4. The van der Waals surface area contributed by atoms with Crippen LogP contribution in [0.3, 0.4) is 0 Å². The Bertz CT molecular complexity index is 1330. The highest BCUT2D eigenvalue weighted by Crippen LogP contribution is 2.43. The number of imidazole rings is 1. The van der Waals surface area contributed by atoms with Crippen molar-refractivity contribution in [3.63, 3.8) is 0 Å². The lowest BCUT2D eigenvalue weighted by Gasteiger charge is -2.13. The number of aromatic hydroxyl groups is 1. The lowest BCUT2D eigenvalue weighted by atomic mass is 10.1. The first-order valence-electron chi connectivity index (χ1n) is 9.48. The van der Waals surface area contributed by atoms with E-state index in [1.807, 2.05) is 6.07 Å². The average molecular weight is 435 g/mol. The SMILES string of the molecule is COc1ccc(Nc2c(-c3cc(O)c(OC)c(OC)c3)nc3c(C#N)c[nH]n23)cc1OC. The van der Waals surface area contributed by atoms with Gasteiger partial charge >= 0.3 is 0 Å². The Morgan fingerprint density at radius 2 is 1.75 bits per heavy atom. The minimum Gasteiger partial charge on any atom is -0.504 e. The van der Waals surface area contributed by atoms with Gasteiger partial charge in [-0.1, -0.05) is 0 Å². The summed E-state index contributed by atoms with van der Waals surface area (Å²) in [4.78, 5) is 4.64. The first-order valence-corrected chi connectivity index (χ1v) is 9.48. The summed E-state index contributed by atoms with van der Waals surface area (Å²) >= 11 is 0. The highest BCUT2D eigenvalue weighted by molar-refractivity contribution is 5.83. The number of fused-ring (bicyclic) bond motifs is 1. The van der Waals surface area contributed by atoms with Crippen LogP contribution in [0.5, 0.6) is 28.7 Å². The quantitative estimate of drug-likeness (QED) is 0.401. The molecular formula is C22H21N5O5. The topological polar surface area (TPSA) is 126 Å². The Hall–Kier alpha value is -4.52. The number of methoxy groups -OCH3 is 4. The zero-order chi connectivity index (χ0) is 22.8. The molecule has 0 fully saturated rings. The van der Waals surface area contributed by atoms with Crippen LogP contribution in [0, 0.1) is 11.3 Å². The van der Waals surface area contributed by atoms with E-state index in [2.05, 4.69) is 21.5 Å². The van der Waals surface area contributed by atoms with Crippen LogP contribution in [0.1, 0.15) is 5.56 Å². The van der Waals surface area contributed by atoms with E-state index in [0.29, 0.717) is 51.2 Å². The van der Waals surface area contributed by atoms with Crippen LogP contribution in [0.2, 0.25) is 0 Å². The first-order chi connectivity index (χ1) is 15.5. The van der Waals surface area contributed by atoms with Gasteiger partial charge in [0.2, 0.25) is 5.75 Å². The maximum atomic E-state index is 10.4. The number of phenols is 1. The molecule has 32 heavy (non-hydrogen) atoms. The molecule has 3 N–H and O–H groups in total. The second kappa shape index (κ2) is 8.31. The molecule has 0 unspecified atom stereocenters. The summed E-state index contributed by atoms with van der Waals surface area (Å²) in [5, 5.41) is 26.2. The molecule has 0 amide bonds. The van der Waals surface area contributed by atoms with Crippen molar-refractivity contribution in [2.24, 2.45) is 0 Å². The number of nitrogens with zero attached hydrogens (tertiary/aromatic N) is 3. The van der Waals surface area contributed by atoms with Crippen molar-refractivity contribution < 1.29 is 24.1 Å². The lowest BCUT2D eigenvalue weighted by Crippen LogP contribution is -1.99. The van der Waals surface area contributed by atoms with Crippen molar-refractivity contribution in [2.75, 3.05) is 33.8 Å². The van der Waals surface area contributed by atoms with Gasteiger partial charge < -0.3 is 29.4 Å². The number of rotatable bonds is 7. The average Bonchev–Trinajstić information content (AvgIpc) is 3.38. The number of phenolic OH excluding ortho intramolecular Hbond substituents is 1. The molecule has 0 aliphatic carbocycles. The third-order valence-corrected chi connectivity index (χ3v) is 4.96. The molecule has 4 aromatic rings. The summed E-state index contributed by atoms with van der Waals surface area (Å²) in [6, 6.07) is 10.7. The second-order valence-corrected chi connectivity index (χ2v) is 6.69. The number of hydrogen-bond acceptors (Lipinski definition) is 8. The molecule has 10 heteroatoms. The predicted molar refractivity (Wildman–Crippen MR) is 117 cm³/mol. The Morgan fingerprint density at radius 3 is 2.41 bits per heavy atom. The Labute approximate surface area is 183 Å². The summed E-state index contributed by atoms with van der Waals surface area (Å²) in [6.07, 6.45) is 1.57. The Balaban J connectivity index is 1.90. The van der Waals surface area contributed by atoms with Gasteiger partial charge in [0.25, 0.3) is 0 Å². The van der Waals surface area contributed by atoms with Crippen LogP contribution < -0.4 is 24.3 Å². The van der Waals surface area contributed by atoms with Gasteiger partial charge in [-0.2, -0.15) is 5.26 Å². The number of anilines is 2. The van der Waals surface area contributed by atoms with Gasteiger partial charge in [0.1, 0.15) is 17.3 Å². The molecule has 0 spiro atoms. The summed E-state index contributed by atoms with van der Waals surface area (Å²) in [7, 11) is 6.05. The standard InChI is InChI=1S/C22H21N5O5/c1-29-16-6-5-14(9-17(16)30-2)25-22-19(26-21-13(10-23)11-24-27(21)22)12-7-15(28)20(32-4)18(8-12)31-3/h5-9,11,24-25,28H,1-4H3. The third kappa shape index (κ3) is 3.35. The summed E-state index contributed by atoms with van der Waals surface area (Å²) in [5.41, 5.74) is 2.54. The van der Waals surface area contributed by atoms with Gasteiger partial charge in [-0.3, -0.25) is 5.10 Å². The molecule has 2 aromatic heterocycles. The zero-order valence-corrected chi connectivity index (χ0v) is 17.9. The summed E-state index contributed by atoms with van der Waals surface area (Å²) in [6.45, 7) is 0. The predicted octanol–water partition coefficient (Wildman–Crippen LogP) is 3.68. The van der Waals surface area contributed by atoms with Gasteiger partial charge in [0, 0.05) is 23.5 Å². The number of aromatic nitrogens is 3. The number of benzene rings is 2. The molecule has 0 aliphatic rings. The molecule has 0 bridgehead atoms. The monoisotopic (exact) mass is 435 g/mol. The van der Waals surface area contributed by atoms with E-state index in [1.54, 1.807) is 43.1 Å². The van der Waals surface area contributed by atoms with Crippen molar-refractivity contribution >= 4 is 17.2 Å². The van der Waals surface area contributed by atoms with Crippen molar-refractivity contribution in [2.45, 2.75) is 0 Å². The van der Waals surface area contributed by atoms with Gasteiger partial charge in [0.15, 0.2) is 34.5 Å². The second-order valence-electron chi connectivity index (χ2n) is 6.69. The lowest BCUT2D eigenvalue weighted by molar-refractivity contribution is 0.333. The van der Waals surface area contributed by atoms with Crippen LogP contribution in [-0.4, -0.2) is 48.1 Å². The molecular weight excluding hydrogens is 414 g/mol. The highest BCUT2D eigenvalue weighted by Gasteiger charge is 2.22. The van der Waals surface area contributed by atoms with Crippen molar-refractivity contribution in [1.82, 2.24) is 14.6 Å². The fraction of sp³-hybridized carbons (Fsp3) is 0.182. The molecule has 0 atom stereocenters. The van der Waals surface area contributed by atoms with Crippen LogP contribution in [0.15, 0.2) is 36.5 Å². The molecule has 2 heterocycles. The first kappa shape index (κ1) is 20.7. The molecule has 0 saturated heterocycles. The fourth-order valence-corrected chi connectivity index (χ4v) is 3.45. The van der Waals surface area contributed by atoms with E-state index in [9.17, 15) is 10.4 Å². The summed E-state index contributed by atoms with van der Waals surface area (Å²) < 4.78 is 22.9. The van der Waals surface area contributed by atoms with E-state index >= 15 is 0 Å². The minimum atomic E-state index is -0.101. The van der Waals surface area contributed by atoms with Crippen molar-refractivity contribution in [3.8, 4) is 46.1 Å². The molecule has 0 radical (unpaired) electrons. The van der Waals surface area contributed by atoms with Crippen LogP contribution in [0.25, 0.3) is 16.9 Å². The normalized spacial score (nSPS) is 10.6. The molecule has 164 valence electrons. The highest BCUT2D eigenvalue weighted by atomic mass is 16.5. The van der Waals surface area contributed by atoms with Crippen LogP contribution in [0.4, 0.5) is 11.5 Å². The molecule has 0 aliphatic heterocycles. The molecule has 2 aromatic carbocycles. The Kier molecular flexibility index (Phi) is 5.39. The number of hydrogen-bond donors (Lipinski definition) is 3. The number of ether oxygens (including phenoxy) is 4. The summed E-state index contributed by atoms with van der Waals surface area (Å²) in [5.74, 6) is 2.14. The van der Waals surface area contributed by atoms with Crippen molar-refractivity contribution in [1.29, 1.82) is 5.26 Å². The van der Waals surface area contributed by atoms with Crippen molar-refractivity contribution in [3.05, 3.63) is 42.1 Å². The van der Waals surface area contributed by atoms with Gasteiger partial charge in [-0.25, -0.2) is 9.50 Å². The number of aromatic amines is 1. The third-order valence-electron chi connectivity index (χ3n) is 4.96. The molecule has 4 rings (SSSR count). The van der Waals surface area contributed by atoms with Gasteiger partial charge in [-0.15, -0.1) is 0 Å². The zero-order valence-electron chi connectivity index (χ0n) is 17.9. The Morgan fingerprint density at radius 1 is 1.00 bits per heavy atom. The largest absolute Gasteiger partial charge is 0.504 e. The van der Waals surface area contributed by atoms with Gasteiger partial charge in [0.05, 0.1) is 28.4 Å². The fourth-order valence-electron chi connectivity index (χ4n) is 3.45. The maximum Gasteiger partial charge on any atom is 0.203 e. The van der Waals surface area contributed by atoms with E-state index in [-0.39, 0.29) is 11.5 Å².